The Labute approximate surface area is 75.0 Å². The van der Waals surface area contributed by atoms with Gasteiger partial charge in [-0.25, -0.2) is 4.79 Å². The van der Waals surface area contributed by atoms with Crippen LogP contribution < -0.4 is 0 Å². The molecule has 72 valence electrons. The van der Waals surface area contributed by atoms with Gasteiger partial charge in [0.05, 0.1) is 6.42 Å². The van der Waals surface area contributed by atoms with E-state index in [1.165, 1.54) is 6.08 Å². The Hall–Kier alpha value is -1.65. The predicted octanol–water partition coefficient (Wildman–Crippen LogP) is 0.148. The summed E-state index contributed by atoms with van der Waals surface area (Å²) in [4.78, 5) is 31.8. The number of Topliss-reactive ketones (excluding diaryl/α,β-unsaturated/α-hetero) is 1. The van der Waals surface area contributed by atoms with Gasteiger partial charge in [0.1, 0.15) is 0 Å². The molecule has 0 aliphatic carbocycles. The topological polar surface area (TPSA) is 80.7 Å². The maximum Gasteiger partial charge on any atom is 0.352 e. The smallest absolute Gasteiger partial charge is 0.352 e. The summed E-state index contributed by atoms with van der Waals surface area (Å²) in [6.45, 7) is 4.31. The maximum absolute atomic E-state index is 10.8. The number of carbonyl (C=O) groups excluding carboxylic acids is 2. The van der Waals surface area contributed by atoms with E-state index < -0.39 is 23.8 Å². The van der Waals surface area contributed by atoms with Gasteiger partial charge in [-0.05, 0) is 6.92 Å². The lowest BCUT2D eigenvalue weighted by molar-refractivity contribution is -0.166. The van der Waals surface area contributed by atoms with Gasteiger partial charge in [-0.2, -0.15) is 0 Å². The third kappa shape index (κ3) is 4.05. The number of aliphatic carboxylic acids is 1. The molecule has 0 heterocycles. The molecule has 1 N–H and O–H groups in total. The first kappa shape index (κ1) is 11.4. The van der Waals surface area contributed by atoms with Crippen molar-refractivity contribution in [2.24, 2.45) is 0 Å². The van der Waals surface area contributed by atoms with E-state index in [-0.39, 0.29) is 6.42 Å². The van der Waals surface area contributed by atoms with E-state index in [9.17, 15) is 14.4 Å². The zero-order valence-electron chi connectivity index (χ0n) is 7.15. The molecule has 1 unspecified atom stereocenters. The minimum atomic E-state index is -1.70. The van der Waals surface area contributed by atoms with E-state index in [2.05, 4.69) is 11.3 Å². The first-order valence-corrected chi connectivity index (χ1v) is 3.52. The molecule has 0 aromatic carbocycles. The van der Waals surface area contributed by atoms with Crippen LogP contribution in [0.15, 0.2) is 12.7 Å². The number of ketones is 1. The zero-order valence-corrected chi connectivity index (χ0v) is 7.15. The van der Waals surface area contributed by atoms with Crippen molar-refractivity contribution in [2.45, 2.75) is 19.4 Å². The van der Waals surface area contributed by atoms with Crippen LogP contribution >= 0.6 is 0 Å². The Morgan fingerprint density at radius 2 is 2.08 bits per heavy atom. The Morgan fingerprint density at radius 3 is 2.38 bits per heavy atom. The molecule has 0 aromatic rings. The van der Waals surface area contributed by atoms with Gasteiger partial charge in [0.2, 0.25) is 0 Å². The number of esters is 1. The van der Waals surface area contributed by atoms with Crippen molar-refractivity contribution in [1.82, 2.24) is 0 Å². The fourth-order valence-corrected chi connectivity index (χ4v) is 0.605. The average molecular weight is 186 g/mol. The number of carboxylic acid groups (broad SMARTS) is 1. The molecule has 1 atom stereocenters. The van der Waals surface area contributed by atoms with E-state index in [1.807, 2.05) is 0 Å². The van der Waals surface area contributed by atoms with Crippen molar-refractivity contribution in [3.8, 4) is 0 Å². The zero-order chi connectivity index (χ0) is 10.4. The first-order chi connectivity index (χ1) is 5.99. The van der Waals surface area contributed by atoms with Crippen molar-refractivity contribution < 1.29 is 24.2 Å². The van der Waals surface area contributed by atoms with Gasteiger partial charge in [0.15, 0.2) is 5.78 Å². The highest BCUT2D eigenvalue weighted by atomic mass is 16.6. The summed E-state index contributed by atoms with van der Waals surface area (Å²) in [5.41, 5.74) is 0. The quantitative estimate of drug-likeness (QED) is 0.375. The lowest BCUT2D eigenvalue weighted by Gasteiger charge is -2.08. The van der Waals surface area contributed by atoms with Crippen LogP contribution in [0.5, 0.6) is 0 Å². The summed E-state index contributed by atoms with van der Waals surface area (Å²) >= 11 is 0. The maximum atomic E-state index is 10.8. The van der Waals surface area contributed by atoms with E-state index in [0.717, 1.165) is 6.92 Å². The SMILES string of the molecule is C=CCC(=O)OC(C(C)=O)C(=O)O. The van der Waals surface area contributed by atoms with Crippen LogP contribution in [0, 0.1) is 0 Å². The summed E-state index contributed by atoms with van der Waals surface area (Å²) in [5.74, 6) is -2.97. The van der Waals surface area contributed by atoms with Crippen LogP contribution in [-0.4, -0.2) is 28.9 Å². The normalized spacial score (nSPS) is 11.5. The van der Waals surface area contributed by atoms with Gasteiger partial charge in [-0.15, -0.1) is 6.58 Å². The van der Waals surface area contributed by atoms with Gasteiger partial charge in [0, 0.05) is 0 Å². The van der Waals surface area contributed by atoms with Gasteiger partial charge in [-0.1, -0.05) is 6.08 Å². The molecule has 0 saturated heterocycles. The van der Waals surface area contributed by atoms with Gasteiger partial charge >= 0.3 is 11.9 Å². The predicted molar refractivity (Wildman–Crippen MR) is 43.0 cm³/mol. The van der Waals surface area contributed by atoms with Crippen molar-refractivity contribution in [1.29, 1.82) is 0 Å². The number of ether oxygens (including phenoxy) is 1. The highest BCUT2D eigenvalue weighted by molar-refractivity contribution is 6.01. The monoisotopic (exact) mass is 186 g/mol. The largest absolute Gasteiger partial charge is 0.478 e. The molecule has 0 aliphatic heterocycles. The van der Waals surface area contributed by atoms with Crippen LogP contribution in [-0.2, 0) is 19.1 Å². The molecule has 5 heteroatoms. The number of carbonyl (C=O) groups is 3. The molecule has 0 rings (SSSR count). The third-order valence-electron chi connectivity index (χ3n) is 1.15. The highest BCUT2D eigenvalue weighted by Gasteiger charge is 2.26. The van der Waals surface area contributed by atoms with Crippen molar-refractivity contribution in [3.05, 3.63) is 12.7 Å². The van der Waals surface area contributed by atoms with E-state index in [1.54, 1.807) is 0 Å². The molecule has 0 amide bonds. The van der Waals surface area contributed by atoms with Gasteiger partial charge in [0.25, 0.3) is 6.10 Å². The summed E-state index contributed by atoms with van der Waals surface area (Å²) in [6, 6.07) is 0. The number of hydrogen-bond donors (Lipinski definition) is 1. The second-order valence-corrected chi connectivity index (χ2v) is 2.31. The highest BCUT2D eigenvalue weighted by Crippen LogP contribution is 1.98. The molecule has 0 aliphatic rings. The van der Waals surface area contributed by atoms with Crippen molar-refractivity contribution >= 4 is 17.7 Å². The Bertz CT molecular complexity index is 229. The number of hydrogen-bond acceptors (Lipinski definition) is 4. The number of rotatable bonds is 5. The second kappa shape index (κ2) is 5.08. The summed E-state index contributed by atoms with van der Waals surface area (Å²) < 4.78 is 4.35. The van der Waals surface area contributed by atoms with Crippen LogP contribution in [0.1, 0.15) is 13.3 Å². The summed E-state index contributed by atoms with van der Waals surface area (Å²) in [6.07, 6.45) is -0.550. The fourth-order valence-electron chi connectivity index (χ4n) is 0.605. The lowest BCUT2D eigenvalue weighted by Crippen LogP contribution is -2.33. The van der Waals surface area contributed by atoms with Crippen molar-refractivity contribution in [3.63, 3.8) is 0 Å². The molecule has 0 spiro atoms. The Balaban J connectivity index is 4.26. The molecule has 0 radical (unpaired) electrons. The molecule has 0 saturated carbocycles. The molecule has 0 aromatic heterocycles. The van der Waals surface area contributed by atoms with Crippen LogP contribution in [0.2, 0.25) is 0 Å². The third-order valence-corrected chi connectivity index (χ3v) is 1.15. The van der Waals surface area contributed by atoms with Crippen LogP contribution in [0.4, 0.5) is 0 Å². The van der Waals surface area contributed by atoms with E-state index in [0.29, 0.717) is 0 Å². The molecular weight excluding hydrogens is 176 g/mol. The standard InChI is InChI=1S/C8H10O5/c1-3-4-6(10)13-7(5(2)9)8(11)12/h3,7H,1,4H2,2H3,(H,11,12). The minimum Gasteiger partial charge on any atom is -0.478 e. The fraction of sp³-hybridized carbons (Fsp3) is 0.375. The first-order valence-electron chi connectivity index (χ1n) is 3.52. The molecule has 0 fully saturated rings. The van der Waals surface area contributed by atoms with Crippen molar-refractivity contribution in [2.75, 3.05) is 0 Å². The Morgan fingerprint density at radius 1 is 1.54 bits per heavy atom. The van der Waals surface area contributed by atoms with E-state index in [4.69, 9.17) is 5.11 Å². The molecule has 13 heavy (non-hydrogen) atoms. The summed E-state index contributed by atoms with van der Waals surface area (Å²) in [7, 11) is 0. The summed E-state index contributed by atoms with van der Waals surface area (Å²) in [5, 5.41) is 8.44. The van der Waals surface area contributed by atoms with E-state index >= 15 is 0 Å². The minimum absolute atomic E-state index is 0.114. The molecular formula is C8H10O5. The van der Waals surface area contributed by atoms with Gasteiger partial charge in [-0.3, -0.25) is 9.59 Å². The van der Waals surface area contributed by atoms with Crippen LogP contribution in [0.3, 0.4) is 0 Å². The van der Waals surface area contributed by atoms with Gasteiger partial charge < -0.3 is 9.84 Å². The van der Waals surface area contributed by atoms with Crippen LogP contribution in [0.25, 0.3) is 0 Å². The Kier molecular flexibility index (Phi) is 4.43. The average Bonchev–Trinajstić information content (AvgIpc) is 1.99. The number of carboxylic acids is 1. The second-order valence-electron chi connectivity index (χ2n) is 2.31. The molecule has 0 bridgehead atoms. The molecule has 5 nitrogen and oxygen atoms in total. The lowest BCUT2D eigenvalue weighted by atomic mass is 10.2.